The Morgan fingerprint density at radius 3 is 2.55 bits per heavy atom. The summed E-state index contributed by atoms with van der Waals surface area (Å²) in [5.41, 5.74) is 3.27. The number of carbonyl (C=O) groups is 1. The van der Waals surface area contributed by atoms with E-state index in [-0.39, 0.29) is 6.03 Å². The number of benzene rings is 2. The second-order valence-electron chi connectivity index (χ2n) is 4.80. The minimum atomic E-state index is -0.609. The van der Waals surface area contributed by atoms with Crippen molar-refractivity contribution >= 4 is 17.4 Å². The minimum Gasteiger partial charge on any atom is -0.388 e. The second kappa shape index (κ2) is 4.98. The molecular weight excluding hydrogens is 252 g/mol. The van der Waals surface area contributed by atoms with E-state index in [1.165, 1.54) is 0 Å². The standard InChI is InChI=1S/C16H16N2O2/c1-17-16(20)18-13-8-4-2-6-11(13)10-15(19)12-7-3-5-9-14(12)18/h2-9,15,19H,10H2,1H3,(H,17,20). The van der Waals surface area contributed by atoms with Crippen LogP contribution in [0.5, 0.6) is 0 Å². The molecule has 2 amide bonds. The summed E-state index contributed by atoms with van der Waals surface area (Å²) < 4.78 is 0. The molecule has 0 fully saturated rings. The first-order valence-corrected chi connectivity index (χ1v) is 6.59. The lowest BCUT2D eigenvalue weighted by atomic mass is 10.0. The molecule has 0 saturated carbocycles. The van der Waals surface area contributed by atoms with Crippen LogP contribution in [0.25, 0.3) is 0 Å². The Bertz CT molecular complexity index is 654. The fourth-order valence-electron chi connectivity index (χ4n) is 2.65. The molecule has 2 aromatic rings. The van der Waals surface area contributed by atoms with Gasteiger partial charge in [0.25, 0.3) is 0 Å². The Balaban J connectivity index is 2.26. The second-order valence-corrected chi connectivity index (χ2v) is 4.80. The van der Waals surface area contributed by atoms with Crippen molar-refractivity contribution in [1.29, 1.82) is 0 Å². The predicted molar refractivity (Wildman–Crippen MR) is 78.1 cm³/mol. The first-order valence-electron chi connectivity index (χ1n) is 6.59. The molecule has 1 unspecified atom stereocenters. The van der Waals surface area contributed by atoms with Crippen molar-refractivity contribution in [1.82, 2.24) is 5.32 Å². The molecule has 0 spiro atoms. The molecule has 20 heavy (non-hydrogen) atoms. The highest BCUT2D eigenvalue weighted by Gasteiger charge is 2.28. The lowest BCUT2D eigenvalue weighted by Gasteiger charge is -2.24. The van der Waals surface area contributed by atoms with Crippen LogP contribution in [0.4, 0.5) is 16.2 Å². The highest BCUT2D eigenvalue weighted by molar-refractivity contribution is 6.01. The van der Waals surface area contributed by atoms with Crippen LogP contribution in [0, 0.1) is 0 Å². The molecular formula is C16H16N2O2. The van der Waals surface area contributed by atoms with Crippen LogP contribution in [0.15, 0.2) is 48.5 Å². The summed E-state index contributed by atoms with van der Waals surface area (Å²) in [4.78, 5) is 13.9. The molecule has 0 saturated heterocycles. The lowest BCUT2D eigenvalue weighted by Crippen LogP contribution is -2.35. The average molecular weight is 268 g/mol. The first kappa shape index (κ1) is 12.7. The normalized spacial score (nSPS) is 16.9. The van der Waals surface area contributed by atoms with E-state index in [9.17, 15) is 9.90 Å². The summed E-state index contributed by atoms with van der Waals surface area (Å²) in [6, 6.07) is 14.9. The molecule has 2 aromatic carbocycles. The SMILES string of the molecule is CNC(=O)N1c2ccccc2CC(O)c2ccccc21. The number of hydrogen-bond acceptors (Lipinski definition) is 2. The summed E-state index contributed by atoms with van der Waals surface area (Å²) in [5.74, 6) is 0. The number of nitrogens with zero attached hydrogens (tertiary/aromatic N) is 1. The Morgan fingerprint density at radius 2 is 1.80 bits per heavy atom. The van der Waals surface area contributed by atoms with Gasteiger partial charge in [-0.2, -0.15) is 0 Å². The maximum Gasteiger partial charge on any atom is 0.326 e. The molecule has 1 aliphatic rings. The molecule has 3 rings (SSSR count). The minimum absolute atomic E-state index is 0.209. The molecule has 0 aliphatic carbocycles. The van der Waals surface area contributed by atoms with Crippen molar-refractivity contribution in [3.8, 4) is 0 Å². The van der Waals surface area contributed by atoms with Gasteiger partial charge in [-0.1, -0.05) is 36.4 Å². The molecule has 1 aliphatic heterocycles. The fourth-order valence-corrected chi connectivity index (χ4v) is 2.65. The number of nitrogens with one attached hydrogen (secondary N) is 1. The van der Waals surface area contributed by atoms with Gasteiger partial charge in [0.15, 0.2) is 0 Å². The zero-order chi connectivity index (χ0) is 14.1. The van der Waals surface area contributed by atoms with Crippen molar-refractivity contribution < 1.29 is 9.90 Å². The van der Waals surface area contributed by atoms with Gasteiger partial charge >= 0.3 is 6.03 Å². The summed E-state index contributed by atoms with van der Waals surface area (Å²) in [6.45, 7) is 0. The van der Waals surface area contributed by atoms with Crippen molar-refractivity contribution in [2.45, 2.75) is 12.5 Å². The van der Waals surface area contributed by atoms with E-state index in [1.54, 1.807) is 11.9 Å². The monoisotopic (exact) mass is 268 g/mol. The number of urea groups is 1. The number of carbonyl (C=O) groups excluding carboxylic acids is 1. The van der Waals surface area contributed by atoms with Gasteiger partial charge in [0, 0.05) is 19.0 Å². The van der Waals surface area contributed by atoms with Crippen LogP contribution >= 0.6 is 0 Å². The number of aliphatic hydroxyl groups excluding tert-OH is 1. The molecule has 0 bridgehead atoms. The van der Waals surface area contributed by atoms with E-state index < -0.39 is 6.10 Å². The summed E-state index contributed by atoms with van der Waals surface area (Å²) in [6.07, 6.45) is -0.109. The smallest absolute Gasteiger partial charge is 0.326 e. The Hall–Kier alpha value is -2.33. The predicted octanol–water partition coefficient (Wildman–Crippen LogP) is 2.75. The lowest BCUT2D eigenvalue weighted by molar-refractivity contribution is 0.180. The van der Waals surface area contributed by atoms with E-state index in [4.69, 9.17) is 0 Å². The van der Waals surface area contributed by atoms with Crippen LogP contribution in [0.3, 0.4) is 0 Å². The van der Waals surface area contributed by atoms with Gasteiger partial charge in [-0.3, -0.25) is 4.90 Å². The van der Waals surface area contributed by atoms with E-state index in [2.05, 4.69) is 5.32 Å². The summed E-state index contributed by atoms with van der Waals surface area (Å²) in [7, 11) is 1.61. The first-order chi connectivity index (χ1) is 9.72. The highest BCUT2D eigenvalue weighted by atomic mass is 16.3. The molecule has 4 nitrogen and oxygen atoms in total. The molecule has 4 heteroatoms. The highest BCUT2D eigenvalue weighted by Crippen LogP contribution is 2.39. The van der Waals surface area contributed by atoms with Gasteiger partial charge in [0.05, 0.1) is 17.5 Å². The maximum atomic E-state index is 12.3. The third-order valence-electron chi connectivity index (χ3n) is 3.60. The third kappa shape index (κ3) is 1.94. The Morgan fingerprint density at radius 1 is 1.15 bits per heavy atom. The Kier molecular flexibility index (Phi) is 3.16. The number of aliphatic hydroxyl groups is 1. The number of amides is 2. The van der Waals surface area contributed by atoms with Crippen molar-refractivity contribution in [3.05, 3.63) is 59.7 Å². The van der Waals surface area contributed by atoms with Gasteiger partial charge in [-0.25, -0.2) is 4.79 Å². The average Bonchev–Trinajstić information content (AvgIpc) is 2.61. The van der Waals surface area contributed by atoms with Crippen LogP contribution in [-0.2, 0) is 6.42 Å². The molecule has 0 aromatic heterocycles. The maximum absolute atomic E-state index is 12.3. The zero-order valence-corrected chi connectivity index (χ0v) is 11.2. The van der Waals surface area contributed by atoms with E-state index in [1.807, 2.05) is 48.5 Å². The van der Waals surface area contributed by atoms with Gasteiger partial charge in [-0.05, 0) is 17.7 Å². The van der Waals surface area contributed by atoms with Gasteiger partial charge in [0.1, 0.15) is 0 Å². The quantitative estimate of drug-likeness (QED) is 0.772. The van der Waals surface area contributed by atoms with Gasteiger partial charge < -0.3 is 10.4 Å². The van der Waals surface area contributed by atoms with Gasteiger partial charge in [-0.15, -0.1) is 0 Å². The van der Waals surface area contributed by atoms with E-state index in [0.717, 1.165) is 22.5 Å². The van der Waals surface area contributed by atoms with Crippen LogP contribution in [0.1, 0.15) is 17.2 Å². The molecule has 1 heterocycles. The number of anilines is 2. The summed E-state index contributed by atoms with van der Waals surface area (Å²) in [5, 5.41) is 13.1. The van der Waals surface area contributed by atoms with Gasteiger partial charge in [0.2, 0.25) is 0 Å². The third-order valence-corrected chi connectivity index (χ3v) is 3.60. The molecule has 102 valence electrons. The Labute approximate surface area is 117 Å². The number of fused-ring (bicyclic) bond motifs is 2. The number of para-hydroxylation sites is 2. The van der Waals surface area contributed by atoms with Crippen LogP contribution in [0.2, 0.25) is 0 Å². The topological polar surface area (TPSA) is 52.6 Å². The molecule has 2 N–H and O–H groups in total. The fraction of sp³-hybridized carbons (Fsp3) is 0.188. The largest absolute Gasteiger partial charge is 0.388 e. The molecule has 1 atom stereocenters. The summed E-state index contributed by atoms with van der Waals surface area (Å²) >= 11 is 0. The molecule has 0 radical (unpaired) electrons. The van der Waals surface area contributed by atoms with Crippen molar-refractivity contribution in [3.63, 3.8) is 0 Å². The van der Waals surface area contributed by atoms with Crippen LogP contribution < -0.4 is 10.2 Å². The van der Waals surface area contributed by atoms with Crippen LogP contribution in [-0.4, -0.2) is 18.2 Å². The number of hydrogen-bond donors (Lipinski definition) is 2. The zero-order valence-electron chi connectivity index (χ0n) is 11.2. The van der Waals surface area contributed by atoms with Crippen molar-refractivity contribution in [2.24, 2.45) is 0 Å². The van der Waals surface area contributed by atoms with Crippen molar-refractivity contribution in [2.75, 3.05) is 11.9 Å². The van der Waals surface area contributed by atoms with E-state index in [0.29, 0.717) is 6.42 Å². The van der Waals surface area contributed by atoms with E-state index >= 15 is 0 Å². The number of rotatable bonds is 0.